The van der Waals surface area contributed by atoms with Crippen molar-refractivity contribution in [2.24, 2.45) is 5.92 Å². The fourth-order valence-electron chi connectivity index (χ4n) is 4.54. The van der Waals surface area contributed by atoms with Crippen molar-refractivity contribution in [1.82, 2.24) is 4.31 Å². The molecular weight excluding hydrogens is 466 g/mol. The topological polar surface area (TPSA) is 105 Å². The number of amides is 2. The van der Waals surface area contributed by atoms with E-state index in [0.29, 0.717) is 54.4 Å². The summed E-state index contributed by atoms with van der Waals surface area (Å²) in [5.74, 6) is -0.114. The van der Waals surface area contributed by atoms with Crippen molar-refractivity contribution in [3.8, 4) is 5.75 Å². The van der Waals surface area contributed by atoms with E-state index in [2.05, 4.69) is 24.5 Å². The van der Waals surface area contributed by atoms with Crippen molar-refractivity contribution < 1.29 is 22.7 Å². The summed E-state index contributed by atoms with van der Waals surface area (Å²) in [6, 6.07) is 10.9. The van der Waals surface area contributed by atoms with Gasteiger partial charge in [-0.15, -0.1) is 0 Å². The zero-order valence-electron chi connectivity index (χ0n) is 20.6. The van der Waals surface area contributed by atoms with Gasteiger partial charge in [-0.2, -0.15) is 4.31 Å². The third-order valence-electron chi connectivity index (χ3n) is 6.69. The average molecular weight is 500 g/mol. The molecule has 0 aliphatic carbocycles. The van der Waals surface area contributed by atoms with E-state index in [0.717, 1.165) is 0 Å². The highest BCUT2D eigenvalue weighted by Crippen LogP contribution is 2.36. The summed E-state index contributed by atoms with van der Waals surface area (Å²) in [6.45, 7) is 8.21. The monoisotopic (exact) mass is 499 g/mol. The molecule has 2 heterocycles. The van der Waals surface area contributed by atoms with E-state index in [1.807, 2.05) is 31.2 Å². The van der Waals surface area contributed by atoms with Gasteiger partial charge in [-0.3, -0.25) is 9.59 Å². The van der Waals surface area contributed by atoms with Crippen LogP contribution in [0.5, 0.6) is 5.75 Å². The summed E-state index contributed by atoms with van der Waals surface area (Å²) in [4.78, 5) is 25.2. The van der Waals surface area contributed by atoms with Crippen LogP contribution in [0.2, 0.25) is 0 Å². The second kappa shape index (κ2) is 9.99. The normalized spacial score (nSPS) is 20.7. The van der Waals surface area contributed by atoms with Gasteiger partial charge in [0, 0.05) is 24.8 Å². The Morgan fingerprint density at radius 2 is 1.94 bits per heavy atom. The Morgan fingerprint density at radius 3 is 2.60 bits per heavy atom. The van der Waals surface area contributed by atoms with Crippen molar-refractivity contribution in [2.75, 3.05) is 23.7 Å². The van der Waals surface area contributed by atoms with Crippen LogP contribution in [-0.2, 0) is 19.6 Å². The highest BCUT2D eigenvalue weighted by molar-refractivity contribution is 7.89. The van der Waals surface area contributed by atoms with Gasteiger partial charge >= 0.3 is 0 Å². The largest absolute Gasteiger partial charge is 0.478 e. The highest BCUT2D eigenvalue weighted by atomic mass is 32.2. The van der Waals surface area contributed by atoms with Gasteiger partial charge in [-0.25, -0.2) is 8.42 Å². The minimum Gasteiger partial charge on any atom is -0.478 e. The molecule has 4 rings (SSSR count). The molecule has 0 radical (unpaired) electrons. The van der Waals surface area contributed by atoms with Gasteiger partial charge in [-0.1, -0.05) is 32.9 Å². The third kappa shape index (κ3) is 5.21. The molecule has 0 aromatic heterocycles. The Balaban J connectivity index is 1.51. The molecule has 0 saturated carbocycles. The number of carbonyl (C=O) groups excluding carboxylic acids is 2. The average Bonchev–Trinajstić information content (AvgIpc) is 2.83. The van der Waals surface area contributed by atoms with Crippen LogP contribution in [0.1, 0.15) is 57.1 Å². The lowest BCUT2D eigenvalue weighted by molar-refractivity contribution is -0.123. The standard InChI is InChI=1S/C26H33N3O5S/c1-5-22-26(31)28-21-13-17(4)24(14-23(21)34-22)35(32,33)29-12-6-7-19(15-29)25(30)27-20-10-8-18(9-11-20)16(2)3/h8-11,13-14,16,19,22H,5-7,12,15H2,1-4H3,(H,27,30)(H,28,31)/t19-,22+/m0/s1. The summed E-state index contributed by atoms with van der Waals surface area (Å²) in [7, 11) is -3.86. The lowest BCUT2D eigenvalue weighted by atomic mass is 9.98. The fourth-order valence-corrected chi connectivity index (χ4v) is 6.29. The molecule has 0 spiro atoms. The number of piperidine rings is 1. The zero-order valence-corrected chi connectivity index (χ0v) is 21.4. The Labute approximate surface area is 207 Å². The van der Waals surface area contributed by atoms with Crippen molar-refractivity contribution >= 4 is 33.2 Å². The highest BCUT2D eigenvalue weighted by Gasteiger charge is 2.36. The molecule has 0 bridgehead atoms. The molecule has 2 atom stereocenters. The van der Waals surface area contributed by atoms with Crippen LogP contribution in [0.25, 0.3) is 0 Å². The number of benzene rings is 2. The minimum atomic E-state index is -3.86. The van der Waals surface area contributed by atoms with E-state index in [9.17, 15) is 18.0 Å². The lowest BCUT2D eigenvalue weighted by Gasteiger charge is -2.32. The van der Waals surface area contributed by atoms with Crippen molar-refractivity contribution in [3.63, 3.8) is 0 Å². The van der Waals surface area contributed by atoms with Crippen LogP contribution >= 0.6 is 0 Å². The van der Waals surface area contributed by atoms with Crippen LogP contribution in [0.3, 0.4) is 0 Å². The molecule has 35 heavy (non-hydrogen) atoms. The molecule has 0 unspecified atom stereocenters. The predicted octanol–water partition coefficient (Wildman–Crippen LogP) is 4.27. The lowest BCUT2D eigenvalue weighted by Crippen LogP contribution is -2.44. The number of carbonyl (C=O) groups is 2. The maximum Gasteiger partial charge on any atom is 0.265 e. The van der Waals surface area contributed by atoms with Crippen LogP contribution in [0.4, 0.5) is 11.4 Å². The summed E-state index contributed by atoms with van der Waals surface area (Å²) >= 11 is 0. The number of aryl methyl sites for hydroxylation is 1. The summed E-state index contributed by atoms with van der Waals surface area (Å²) in [5, 5.41) is 5.73. The number of anilines is 2. The fraction of sp³-hybridized carbons (Fsp3) is 0.462. The number of fused-ring (bicyclic) bond motifs is 1. The van der Waals surface area contributed by atoms with Crippen LogP contribution in [0.15, 0.2) is 41.3 Å². The number of nitrogens with one attached hydrogen (secondary N) is 2. The molecule has 2 amide bonds. The minimum absolute atomic E-state index is 0.115. The molecule has 2 aliphatic rings. The number of rotatable bonds is 6. The SMILES string of the molecule is CC[C@H]1Oc2cc(S(=O)(=O)N3CCC[C@H](C(=O)Nc4ccc(C(C)C)cc4)C3)c(C)cc2NC1=O. The maximum absolute atomic E-state index is 13.6. The Kier molecular flexibility index (Phi) is 7.19. The molecule has 8 nitrogen and oxygen atoms in total. The molecule has 1 fully saturated rings. The van der Waals surface area contributed by atoms with E-state index in [4.69, 9.17) is 4.74 Å². The first-order chi connectivity index (χ1) is 16.6. The smallest absolute Gasteiger partial charge is 0.265 e. The van der Waals surface area contributed by atoms with Crippen molar-refractivity contribution in [2.45, 2.75) is 63.9 Å². The quantitative estimate of drug-likeness (QED) is 0.618. The Morgan fingerprint density at radius 1 is 1.23 bits per heavy atom. The maximum atomic E-state index is 13.6. The van der Waals surface area contributed by atoms with Gasteiger partial charge in [0.15, 0.2) is 6.10 Å². The molecule has 2 aromatic rings. The molecule has 2 N–H and O–H groups in total. The number of sulfonamides is 1. The van der Waals surface area contributed by atoms with Gasteiger partial charge in [-0.05, 0) is 61.4 Å². The summed E-state index contributed by atoms with van der Waals surface area (Å²) in [5.41, 5.74) is 2.87. The Hall–Kier alpha value is -2.91. The van der Waals surface area contributed by atoms with Crippen LogP contribution in [0, 0.1) is 12.8 Å². The van der Waals surface area contributed by atoms with Gasteiger partial charge in [0.1, 0.15) is 5.75 Å². The first kappa shape index (κ1) is 25.2. The van der Waals surface area contributed by atoms with Gasteiger partial charge < -0.3 is 15.4 Å². The first-order valence-corrected chi connectivity index (χ1v) is 13.6. The van der Waals surface area contributed by atoms with E-state index in [1.54, 1.807) is 13.0 Å². The van der Waals surface area contributed by atoms with Crippen molar-refractivity contribution in [1.29, 1.82) is 0 Å². The Bertz CT molecular complexity index is 1220. The molecule has 1 saturated heterocycles. The molecule has 9 heteroatoms. The molecular formula is C26H33N3O5S. The van der Waals surface area contributed by atoms with Crippen molar-refractivity contribution in [3.05, 3.63) is 47.5 Å². The van der Waals surface area contributed by atoms with Gasteiger partial charge in [0.25, 0.3) is 5.91 Å². The van der Waals surface area contributed by atoms with Gasteiger partial charge in [0.2, 0.25) is 15.9 Å². The third-order valence-corrected chi connectivity index (χ3v) is 8.69. The molecule has 2 aromatic carbocycles. The van der Waals surface area contributed by atoms with E-state index >= 15 is 0 Å². The number of hydrogen-bond donors (Lipinski definition) is 2. The zero-order chi connectivity index (χ0) is 25.3. The first-order valence-electron chi connectivity index (χ1n) is 12.1. The second-order valence-electron chi connectivity index (χ2n) is 9.59. The number of nitrogens with zero attached hydrogens (tertiary/aromatic N) is 1. The van der Waals surface area contributed by atoms with Gasteiger partial charge in [0.05, 0.1) is 16.5 Å². The number of ether oxygens (including phenoxy) is 1. The number of hydrogen-bond acceptors (Lipinski definition) is 5. The van der Waals surface area contributed by atoms with E-state index in [-0.39, 0.29) is 23.3 Å². The molecule has 188 valence electrons. The predicted molar refractivity (Wildman–Crippen MR) is 135 cm³/mol. The van der Waals surface area contributed by atoms with E-state index in [1.165, 1.54) is 15.9 Å². The summed E-state index contributed by atoms with van der Waals surface area (Å²) < 4.78 is 34.3. The summed E-state index contributed by atoms with van der Waals surface area (Å²) in [6.07, 6.45) is 1.04. The second-order valence-corrected chi connectivity index (χ2v) is 11.5. The molecule has 2 aliphatic heterocycles. The van der Waals surface area contributed by atoms with Crippen LogP contribution in [-0.4, -0.2) is 43.7 Å². The van der Waals surface area contributed by atoms with E-state index < -0.39 is 22.0 Å². The van der Waals surface area contributed by atoms with Crippen LogP contribution < -0.4 is 15.4 Å².